The number of ether oxygens (including phenoxy) is 2. The number of amides is 1. The molecule has 0 aliphatic heterocycles. The van der Waals surface area contributed by atoms with E-state index in [0.717, 1.165) is 0 Å². The number of anilines is 1. The molecular formula is C16H15ClN2O4. The highest BCUT2D eigenvalue weighted by atomic mass is 35.5. The number of rotatable bonds is 5. The lowest BCUT2D eigenvalue weighted by atomic mass is 10.2. The van der Waals surface area contributed by atoms with Crippen LogP contribution < -0.4 is 10.1 Å². The summed E-state index contributed by atoms with van der Waals surface area (Å²) in [5, 5.41) is 2.98. The van der Waals surface area contributed by atoms with E-state index in [1.54, 1.807) is 36.5 Å². The predicted molar refractivity (Wildman–Crippen MR) is 85.7 cm³/mol. The summed E-state index contributed by atoms with van der Waals surface area (Å²) in [6.07, 6.45) is 1.94. The number of methoxy groups -OCH3 is 1. The van der Waals surface area contributed by atoms with E-state index < -0.39 is 18.0 Å². The SMILES string of the molecule is COc1ccc(NC(=O)C(C)OC(=O)c2cccnc2)cc1Cl. The number of hydrogen-bond acceptors (Lipinski definition) is 5. The van der Waals surface area contributed by atoms with Crippen LogP contribution in [-0.2, 0) is 9.53 Å². The molecule has 1 aromatic heterocycles. The molecule has 23 heavy (non-hydrogen) atoms. The number of esters is 1. The van der Waals surface area contributed by atoms with Crippen molar-refractivity contribution in [2.75, 3.05) is 12.4 Å². The normalized spacial score (nSPS) is 11.4. The first-order chi connectivity index (χ1) is 11.0. The van der Waals surface area contributed by atoms with Crippen LogP contribution >= 0.6 is 11.6 Å². The van der Waals surface area contributed by atoms with E-state index in [1.807, 2.05) is 0 Å². The lowest BCUT2D eigenvalue weighted by Crippen LogP contribution is -2.30. The standard InChI is InChI=1S/C16H15ClN2O4/c1-10(23-16(21)11-4-3-7-18-9-11)15(20)19-12-5-6-14(22-2)13(17)8-12/h3-10H,1-2H3,(H,19,20). The second kappa shape index (κ2) is 7.60. The molecule has 1 N–H and O–H groups in total. The average Bonchev–Trinajstić information content (AvgIpc) is 2.55. The molecule has 1 heterocycles. The maximum absolute atomic E-state index is 12.1. The summed E-state index contributed by atoms with van der Waals surface area (Å²) in [5.41, 5.74) is 0.754. The van der Waals surface area contributed by atoms with Crippen LogP contribution in [0.25, 0.3) is 0 Å². The molecule has 0 spiro atoms. The molecule has 1 atom stereocenters. The van der Waals surface area contributed by atoms with E-state index in [0.29, 0.717) is 16.5 Å². The number of aromatic nitrogens is 1. The van der Waals surface area contributed by atoms with Gasteiger partial charge in [0.05, 0.1) is 17.7 Å². The Morgan fingerprint density at radius 2 is 2.09 bits per heavy atom. The van der Waals surface area contributed by atoms with Gasteiger partial charge in [-0.2, -0.15) is 0 Å². The van der Waals surface area contributed by atoms with Crippen molar-refractivity contribution in [3.05, 3.63) is 53.3 Å². The molecule has 120 valence electrons. The maximum Gasteiger partial charge on any atom is 0.340 e. The Hall–Kier alpha value is -2.60. The van der Waals surface area contributed by atoms with E-state index in [1.165, 1.54) is 20.2 Å². The summed E-state index contributed by atoms with van der Waals surface area (Å²) in [7, 11) is 1.50. The summed E-state index contributed by atoms with van der Waals surface area (Å²) in [6, 6.07) is 7.99. The zero-order valence-electron chi connectivity index (χ0n) is 12.6. The third kappa shape index (κ3) is 4.43. The van der Waals surface area contributed by atoms with Gasteiger partial charge in [0.2, 0.25) is 0 Å². The molecular weight excluding hydrogens is 320 g/mol. The Morgan fingerprint density at radius 3 is 2.70 bits per heavy atom. The van der Waals surface area contributed by atoms with Crippen LogP contribution in [0.15, 0.2) is 42.7 Å². The molecule has 2 rings (SSSR count). The first-order valence-electron chi connectivity index (χ1n) is 6.76. The van der Waals surface area contributed by atoms with Crippen molar-refractivity contribution in [1.82, 2.24) is 4.98 Å². The van der Waals surface area contributed by atoms with E-state index in [-0.39, 0.29) is 5.56 Å². The van der Waals surface area contributed by atoms with E-state index >= 15 is 0 Å². The highest BCUT2D eigenvalue weighted by molar-refractivity contribution is 6.32. The summed E-state index contributed by atoms with van der Waals surface area (Å²) in [6.45, 7) is 1.48. The largest absolute Gasteiger partial charge is 0.495 e. The number of hydrogen-bond donors (Lipinski definition) is 1. The molecule has 1 aromatic carbocycles. The second-order valence-corrected chi connectivity index (χ2v) is 5.04. The number of nitrogens with zero attached hydrogens (tertiary/aromatic N) is 1. The molecule has 1 amide bonds. The Kier molecular flexibility index (Phi) is 5.54. The van der Waals surface area contributed by atoms with Crippen LogP contribution in [0, 0.1) is 0 Å². The molecule has 0 saturated carbocycles. The van der Waals surface area contributed by atoms with Crippen LogP contribution in [0.3, 0.4) is 0 Å². The lowest BCUT2D eigenvalue weighted by molar-refractivity contribution is -0.123. The highest BCUT2D eigenvalue weighted by Crippen LogP contribution is 2.27. The summed E-state index contributed by atoms with van der Waals surface area (Å²) >= 11 is 5.99. The first-order valence-corrected chi connectivity index (χ1v) is 7.14. The molecule has 0 aliphatic carbocycles. The van der Waals surface area contributed by atoms with Crippen LogP contribution in [0.4, 0.5) is 5.69 Å². The fourth-order valence-electron chi connectivity index (χ4n) is 1.75. The van der Waals surface area contributed by atoms with E-state index in [9.17, 15) is 9.59 Å². The maximum atomic E-state index is 12.1. The van der Waals surface area contributed by atoms with Crippen molar-refractivity contribution < 1.29 is 19.1 Å². The Bertz CT molecular complexity index is 706. The molecule has 2 aromatic rings. The molecule has 0 radical (unpaired) electrons. The van der Waals surface area contributed by atoms with Gasteiger partial charge >= 0.3 is 5.97 Å². The molecule has 7 heteroatoms. The van der Waals surface area contributed by atoms with Gasteiger partial charge < -0.3 is 14.8 Å². The predicted octanol–water partition coefficient (Wildman–Crippen LogP) is 2.93. The minimum atomic E-state index is -0.969. The fourth-order valence-corrected chi connectivity index (χ4v) is 2.01. The number of benzene rings is 1. The number of halogens is 1. The molecule has 0 fully saturated rings. The number of nitrogens with one attached hydrogen (secondary N) is 1. The molecule has 1 unspecified atom stereocenters. The average molecular weight is 335 g/mol. The van der Waals surface area contributed by atoms with Crippen molar-refractivity contribution in [3.8, 4) is 5.75 Å². The molecule has 0 bridgehead atoms. The summed E-state index contributed by atoms with van der Waals surface area (Å²) < 4.78 is 10.1. The topological polar surface area (TPSA) is 77.5 Å². The molecule has 6 nitrogen and oxygen atoms in total. The fraction of sp³-hybridized carbons (Fsp3) is 0.188. The second-order valence-electron chi connectivity index (χ2n) is 4.63. The van der Waals surface area contributed by atoms with Gasteiger partial charge in [-0.25, -0.2) is 4.79 Å². The van der Waals surface area contributed by atoms with Gasteiger partial charge in [-0.1, -0.05) is 11.6 Å². The van der Waals surface area contributed by atoms with Crippen molar-refractivity contribution in [1.29, 1.82) is 0 Å². The Labute approximate surface area is 138 Å². The Balaban J connectivity index is 1.97. The van der Waals surface area contributed by atoms with Crippen molar-refractivity contribution in [2.45, 2.75) is 13.0 Å². The van der Waals surface area contributed by atoms with Gasteiger partial charge in [0, 0.05) is 18.1 Å². The minimum Gasteiger partial charge on any atom is -0.495 e. The summed E-state index contributed by atoms with van der Waals surface area (Å²) in [5.74, 6) is -0.585. The smallest absolute Gasteiger partial charge is 0.340 e. The Morgan fingerprint density at radius 1 is 1.30 bits per heavy atom. The number of carbonyl (C=O) groups is 2. The zero-order valence-corrected chi connectivity index (χ0v) is 13.3. The summed E-state index contributed by atoms with van der Waals surface area (Å²) in [4.78, 5) is 27.8. The van der Waals surface area contributed by atoms with Crippen molar-refractivity contribution >= 4 is 29.2 Å². The van der Waals surface area contributed by atoms with Gasteiger partial charge in [0.25, 0.3) is 5.91 Å². The zero-order chi connectivity index (χ0) is 16.8. The lowest BCUT2D eigenvalue weighted by Gasteiger charge is -2.14. The monoisotopic (exact) mass is 334 g/mol. The van der Waals surface area contributed by atoms with Crippen LogP contribution in [0.1, 0.15) is 17.3 Å². The van der Waals surface area contributed by atoms with Gasteiger partial charge in [0.1, 0.15) is 5.75 Å². The van der Waals surface area contributed by atoms with Gasteiger partial charge in [0.15, 0.2) is 6.10 Å². The van der Waals surface area contributed by atoms with Gasteiger partial charge in [-0.3, -0.25) is 9.78 Å². The van der Waals surface area contributed by atoms with Crippen LogP contribution in [0.5, 0.6) is 5.75 Å². The quantitative estimate of drug-likeness (QED) is 0.851. The highest BCUT2D eigenvalue weighted by Gasteiger charge is 2.19. The van der Waals surface area contributed by atoms with Crippen molar-refractivity contribution in [2.24, 2.45) is 0 Å². The van der Waals surface area contributed by atoms with Crippen molar-refractivity contribution in [3.63, 3.8) is 0 Å². The minimum absolute atomic E-state index is 0.277. The van der Waals surface area contributed by atoms with E-state index in [4.69, 9.17) is 21.1 Å². The van der Waals surface area contributed by atoms with Gasteiger partial charge in [-0.15, -0.1) is 0 Å². The number of pyridine rings is 1. The third-order valence-corrected chi connectivity index (χ3v) is 3.26. The number of carbonyl (C=O) groups excluding carboxylic acids is 2. The molecule has 0 saturated heterocycles. The van der Waals surface area contributed by atoms with E-state index in [2.05, 4.69) is 10.3 Å². The molecule has 0 aliphatic rings. The first kappa shape index (κ1) is 16.8. The third-order valence-electron chi connectivity index (χ3n) is 2.97. The van der Waals surface area contributed by atoms with Crippen LogP contribution in [-0.4, -0.2) is 30.1 Å². The van der Waals surface area contributed by atoms with Gasteiger partial charge in [-0.05, 0) is 37.3 Å². The van der Waals surface area contributed by atoms with Crippen LogP contribution in [0.2, 0.25) is 5.02 Å².